The van der Waals surface area contributed by atoms with Gasteiger partial charge in [0.1, 0.15) is 0 Å². The molecule has 1 heterocycles. The van der Waals surface area contributed by atoms with Gasteiger partial charge in [-0.05, 0) is 12.8 Å². The Balaban J connectivity index is 2.70. The zero-order valence-electron chi connectivity index (χ0n) is 8.34. The Labute approximate surface area is 78.7 Å². The quantitative estimate of drug-likeness (QED) is 0.519. The van der Waals surface area contributed by atoms with Crippen LogP contribution in [0.2, 0.25) is 0 Å². The highest BCUT2D eigenvalue weighted by molar-refractivity contribution is 4.94. The molecule has 0 amide bonds. The van der Waals surface area contributed by atoms with Crippen LogP contribution in [0.15, 0.2) is 0 Å². The van der Waals surface area contributed by atoms with Crippen LogP contribution in [0.4, 0.5) is 0 Å². The van der Waals surface area contributed by atoms with Crippen molar-refractivity contribution < 1.29 is 14.9 Å². The number of ether oxygens (including phenoxy) is 1. The maximum absolute atomic E-state index is 9.69. The summed E-state index contributed by atoms with van der Waals surface area (Å²) >= 11 is 0. The fraction of sp³-hybridized carbons (Fsp3) is 1.00. The normalized spacial score (nSPS) is 46.8. The van der Waals surface area contributed by atoms with E-state index in [1.54, 1.807) is 6.92 Å². The topological polar surface area (TPSA) is 75.7 Å². The SMILES string of the molecule is CC1O[C@@H](C(C)C)[C@@H](O)C(N)[C@@H]1O. The van der Waals surface area contributed by atoms with Crippen LogP contribution in [0.3, 0.4) is 0 Å². The Morgan fingerprint density at radius 2 is 1.77 bits per heavy atom. The molecule has 0 aromatic rings. The number of nitrogens with two attached hydrogens (primary N) is 1. The second-order valence-corrected chi connectivity index (χ2v) is 4.11. The summed E-state index contributed by atoms with van der Waals surface area (Å²) in [5, 5.41) is 19.2. The Morgan fingerprint density at radius 3 is 2.23 bits per heavy atom. The molecule has 5 atom stereocenters. The molecule has 0 bridgehead atoms. The van der Waals surface area contributed by atoms with E-state index in [1.807, 2.05) is 13.8 Å². The predicted molar refractivity (Wildman–Crippen MR) is 49.2 cm³/mol. The Kier molecular flexibility index (Phi) is 3.29. The average Bonchev–Trinajstić information content (AvgIpc) is 2.07. The first kappa shape index (κ1) is 10.9. The first-order valence-electron chi connectivity index (χ1n) is 4.72. The minimum absolute atomic E-state index is 0.205. The van der Waals surface area contributed by atoms with Gasteiger partial charge < -0.3 is 20.7 Å². The standard InChI is InChI=1S/C9H19NO3/c1-4(2)9-8(12)6(10)7(11)5(3)13-9/h4-9,11-12H,10H2,1-3H3/t5?,6?,7-,8+,9+/m1/s1. The summed E-state index contributed by atoms with van der Waals surface area (Å²) in [4.78, 5) is 0. The summed E-state index contributed by atoms with van der Waals surface area (Å²) in [6, 6.07) is -0.601. The van der Waals surface area contributed by atoms with E-state index in [0.29, 0.717) is 0 Å². The highest BCUT2D eigenvalue weighted by atomic mass is 16.5. The minimum Gasteiger partial charge on any atom is -0.389 e. The van der Waals surface area contributed by atoms with Crippen molar-refractivity contribution in [2.75, 3.05) is 0 Å². The lowest BCUT2D eigenvalue weighted by molar-refractivity contribution is -0.184. The molecule has 1 aliphatic heterocycles. The first-order valence-corrected chi connectivity index (χ1v) is 4.72. The molecular weight excluding hydrogens is 170 g/mol. The maximum Gasteiger partial charge on any atom is 0.0981 e. The molecule has 0 aliphatic carbocycles. The maximum atomic E-state index is 9.69. The van der Waals surface area contributed by atoms with E-state index in [9.17, 15) is 10.2 Å². The minimum atomic E-state index is -0.773. The molecule has 4 nitrogen and oxygen atoms in total. The van der Waals surface area contributed by atoms with E-state index in [2.05, 4.69) is 0 Å². The molecule has 0 saturated carbocycles. The van der Waals surface area contributed by atoms with Crippen molar-refractivity contribution in [2.24, 2.45) is 11.7 Å². The van der Waals surface area contributed by atoms with Gasteiger partial charge in [-0.2, -0.15) is 0 Å². The molecular formula is C9H19NO3. The molecule has 1 fully saturated rings. The number of rotatable bonds is 1. The molecule has 0 aromatic carbocycles. The number of hydrogen-bond acceptors (Lipinski definition) is 4. The summed E-state index contributed by atoms with van der Waals surface area (Å²) in [5.41, 5.74) is 5.66. The van der Waals surface area contributed by atoms with Crippen LogP contribution < -0.4 is 5.73 Å². The van der Waals surface area contributed by atoms with Crippen molar-refractivity contribution in [1.82, 2.24) is 0 Å². The van der Waals surface area contributed by atoms with Gasteiger partial charge in [-0.3, -0.25) is 0 Å². The summed E-state index contributed by atoms with van der Waals surface area (Å²) in [6.07, 6.45) is -2.12. The number of aliphatic hydroxyl groups is 2. The molecule has 1 aliphatic rings. The van der Waals surface area contributed by atoms with Gasteiger partial charge in [0, 0.05) is 0 Å². The van der Waals surface area contributed by atoms with Gasteiger partial charge in [-0.25, -0.2) is 0 Å². The van der Waals surface area contributed by atoms with Gasteiger partial charge in [-0.1, -0.05) is 13.8 Å². The second-order valence-electron chi connectivity index (χ2n) is 4.11. The van der Waals surface area contributed by atoms with Crippen LogP contribution in [0.5, 0.6) is 0 Å². The van der Waals surface area contributed by atoms with Crippen molar-refractivity contribution in [3.8, 4) is 0 Å². The van der Waals surface area contributed by atoms with Crippen LogP contribution in [0.25, 0.3) is 0 Å². The van der Waals surface area contributed by atoms with E-state index in [-0.39, 0.29) is 18.1 Å². The van der Waals surface area contributed by atoms with E-state index in [1.165, 1.54) is 0 Å². The Morgan fingerprint density at radius 1 is 1.23 bits per heavy atom. The monoisotopic (exact) mass is 189 g/mol. The number of hydrogen-bond donors (Lipinski definition) is 3. The van der Waals surface area contributed by atoms with Crippen LogP contribution in [0, 0.1) is 5.92 Å². The highest BCUT2D eigenvalue weighted by Crippen LogP contribution is 2.24. The Bertz CT molecular complexity index is 174. The van der Waals surface area contributed by atoms with Gasteiger partial charge in [0.05, 0.1) is 30.5 Å². The molecule has 0 aromatic heterocycles. The molecule has 4 heteroatoms. The zero-order valence-corrected chi connectivity index (χ0v) is 8.34. The first-order chi connectivity index (χ1) is 5.95. The third kappa shape index (κ3) is 2.02. The molecule has 0 radical (unpaired) electrons. The largest absolute Gasteiger partial charge is 0.389 e. The summed E-state index contributed by atoms with van der Waals surface area (Å²) in [7, 11) is 0. The zero-order chi connectivity index (χ0) is 10.2. The van der Waals surface area contributed by atoms with Gasteiger partial charge >= 0.3 is 0 Å². The average molecular weight is 189 g/mol. The third-order valence-corrected chi connectivity index (χ3v) is 2.64. The van der Waals surface area contributed by atoms with Gasteiger partial charge in [0.15, 0.2) is 0 Å². The highest BCUT2D eigenvalue weighted by Gasteiger charge is 2.41. The fourth-order valence-corrected chi connectivity index (χ4v) is 1.69. The van der Waals surface area contributed by atoms with Crippen molar-refractivity contribution in [3.63, 3.8) is 0 Å². The molecule has 0 spiro atoms. The van der Waals surface area contributed by atoms with Gasteiger partial charge in [0.2, 0.25) is 0 Å². The van der Waals surface area contributed by atoms with Gasteiger partial charge in [-0.15, -0.1) is 0 Å². The fourth-order valence-electron chi connectivity index (χ4n) is 1.69. The lowest BCUT2D eigenvalue weighted by Gasteiger charge is -2.41. The van der Waals surface area contributed by atoms with Crippen LogP contribution in [0.1, 0.15) is 20.8 Å². The van der Waals surface area contributed by atoms with Crippen molar-refractivity contribution in [2.45, 2.75) is 51.2 Å². The summed E-state index contributed by atoms with van der Waals surface area (Å²) in [5.74, 6) is 0.205. The molecule has 2 unspecified atom stereocenters. The predicted octanol–water partition coefficient (Wildman–Crippen LogP) is -0.521. The van der Waals surface area contributed by atoms with Crippen molar-refractivity contribution >= 4 is 0 Å². The lowest BCUT2D eigenvalue weighted by Crippen LogP contribution is -2.61. The molecule has 78 valence electrons. The van der Waals surface area contributed by atoms with E-state index >= 15 is 0 Å². The molecule has 1 saturated heterocycles. The van der Waals surface area contributed by atoms with E-state index in [4.69, 9.17) is 10.5 Å². The summed E-state index contributed by atoms with van der Waals surface area (Å²) < 4.78 is 5.46. The molecule has 1 rings (SSSR count). The molecule has 13 heavy (non-hydrogen) atoms. The smallest absolute Gasteiger partial charge is 0.0981 e. The molecule has 4 N–H and O–H groups in total. The van der Waals surface area contributed by atoms with E-state index < -0.39 is 18.2 Å². The van der Waals surface area contributed by atoms with Crippen molar-refractivity contribution in [1.29, 1.82) is 0 Å². The van der Waals surface area contributed by atoms with Crippen LogP contribution in [-0.2, 0) is 4.74 Å². The van der Waals surface area contributed by atoms with Gasteiger partial charge in [0.25, 0.3) is 0 Å². The van der Waals surface area contributed by atoms with E-state index in [0.717, 1.165) is 0 Å². The lowest BCUT2D eigenvalue weighted by atomic mass is 9.88. The Hall–Kier alpha value is -0.160. The number of aliphatic hydroxyl groups excluding tert-OH is 2. The van der Waals surface area contributed by atoms with Crippen LogP contribution >= 0.6 is 0 Å². The van der Waals surface area contributed by atoms with Crippen molar-refractivity contribution in [3.05, 3.63) is 0 Å². The second kappa shape index (κ2) is 3.92. The summed E-state index contributed by atoms with van der Waals surface area (Å²) in [6.45, 7) is 5.70. The van der Waals surface area contributed by atoms with Crippen LogP contribution in [-0.4, -0.2) is 40.7 Å². The third-order valence-electron chi connectivity index (χ3n) is 2.64.